The van der Waals surface area contributed by atoms with Crippen LogP contribution >= 0.6 is 0 Å². The van der Waals surface area contributed by atoms with E-state index in [0.29, 0.717) is 0 Å². The van der Waals surface area contributed by atoms with Gasteiger partial charge in [0.25, 0.3) is 0 Å². The van der Waals surface area contributed by atoms with Crippen molar-refractivity contribution in [3.05, 3.63) is 0 Å². The molecule has 4 heterocycles. The molecule has 0 aromatic rings. The van der Waals surface area contributed by atoms with Gasteiger partial charge >= 0.3 is 0 Å². The first-order chi connectivity index (χ1) is 21.2. The smallest absolute Gasteiger partial charge is 0.187 e. The normalized spacial score (nSPS) is 48.1. The molecule has 0 unspecified atom stereocenters. The van der Waals surface area contributed by atoms with E-state index in [9.17, 15) is 66.4 Å². The lowest BCUT2D eigenvalue weighted by Gasteiger charge is -2.28. The lowest BCUT2D eigenvalue weighted by molar-refractivity contribution is -0.250. The zero-order valence-corrected chi connectivity index (χ0v) is 23.5. The van der Waals surface area contributed by atoms with Crippen molar-refractivity contribution in [1.82, 2.24) is 0 Å². The molecule has 14 N–H and O–H groups in total. The van der Waals surface area contributed by atoms with Crippen LogP contribution in [-0.2, 0) is 33.2 Å². The number of aliphatic hydroxyl groups excluding tert-OH is 14. The van der Waals surface area contributed by atoms with Gasteiger partial charge in [0, 0.05) is 0 Å². The molecule has 0 aliphatic carbocycles. The van der Waals surface area contributed by atoms with Gasteiger partial charge in [-0.1, -0.05) is 0 Å². The van der Waals surface area contributed by atoms with Crippen LogP contribution in [0.3, 0.4) is 0 Å². The maximum absolute atomic E-state index is 10.5. The van der Waals surface area contributed by atoms with Crippen LogP contribution in [0.5, 0.6) is 0 Å². The van der Waals surface area contributed by atoms with Crippen LogP contribution in [0, 0.1) is 0 Å². The molecule has 0 aromatic heterocycles. The molecule has 4 saturated heterocycles. The van der Waals surface area contributed by atoms with Crippen molar-refractivity contribution in [2.24, 2.45) is 0 Å². The van der Waals surface area contributed by atoms with Gasteiger partial charge in [0.15, 0.2) is 25.2 Å². The third-order valence-corrected chi connectivity index (χ3v) is 8.09. The van der Waals surface area contributed by atoms with Crippen molar-refractivity contribution in [1.29, 1.82) is 0 Å². The van der Waals surface area contributed by atoms with Crippen LogP contribution in [0.2, 0.25) is 0 Å². The minimum atomic E-state index is -1.83. The summed E-state index contributed by atoms with van der Waals surface area (Å²) >= 11 is 0. The van der Waals surface area contributed by atoms with Gasteiger partial charge in [0.1, 0.15) is 97.7 Å². The van der Waals surface area contributed by atoms with Crippen LogP contribution < -0.4 is 0 Å². The fraction of sp³-hybridized carbons (Fsp3) is 1.00. The second-order valence-corrected chi connectivity index (χ2v) is 11.2. The molecule has 4 aliphatic heterocycles. The number of rotatable bonds is 14. The molecule has 264 valence electrons. The Hall–Kier alpha value is -0.840. The van der Waals surface area contributed by atoms with Crippen molar-refractivity contribution in [3.8, 4) is 0 Å². The SMILES string of the molecule is OC[C@@H](O)[C@@H]1O[C@@H](OC[C@@H](O)[C@@H]2O[C@@H](O[C@H](CO)[C@@H]3O[C@@H](OC[C@@H](O)[C@@H]4O[C@@H](O)[C@H](O)[C@H]4O)[C@H](O)[C@H]3O)[C@H](O)[C@H]2O)[C@H](O)[C@H]1O. The average Bonchev–Trinajstić information content (AvgIpc) is 3.67. The highest BCUT2D eigenvalue weighted by molar-refractivity contribution is 4.96. The topological polar surface area (TPSA) is 348 Å². The van der Waals surface area contributed by atoms with Gasteiger partial charge in [-0.05, 0) is 0 Å². The standard InChI is InChI=1S/C24H42O21/c25-1-5(27)17-10(31)14(35)22(43-17)39-4-7(29)19-11(32)16(37)24(44-19)41-8(2-26)20-12(33)15(36)23(45-20)40-3-6(28)18-9(30)13(34)21(38)42-18/h5-38H,1-4H2/t5-,6-,7-,8-,9-,10-,11-,12-,13-,14-,15-,16-,17+,18+,19+,20+,21-,22-,23-,24-/m1/s1. The number of hydrogen-bond donors (Lipinski definition) is 14. The summed E-state index contributed by atoms with van der Waals surface area (Å²) in [5.74, 6) is 0. The zero-order chi connectivity index (χ0) is 33.3. The summed E-state index contributed by atoms with van der Waals surface area (Å²) < 4.78 is 36.8. The molecule has 0 amide bonds. The van der Waals surface area contributed by atoms with E-state index in [1.54, 1.807) is 0 Å². The Morgan fingerprint density at radius 2 is 0.844 bits per heavy atom. The van der Waals surface area contributed by atoms with Crippen LogP contribution in [-0.4, -0.2) is 221 Å². The van der Waals surface area contributed by atoms with Gasteiger partial charge < -0.3 is 105 Å². The van der Waals surface area contributed by atoms with E-state index in [4.69, 9.17) is 38.3 Å². The van der Waals surface area contributed by atoms with Crippen LogP contribution in [0.1, 0.15) is 0 Å². The molecule has 4 aliphatic rings. The Morgan fingerprint density at radius 3 is 1.31 bits per heavy atom. The highest BCUT2D eigenvalue weighted by Crippen LogP contribution is 2.32. The van der Waals surface area contributed by atoms with Gasteiger partial charge in [-0.2, -0.15) is 0 Å². The Bertz CT molecular complexity index is 918. The first kappa shape index (κ1) is 37.0. The Morgan fingerprint density at radius 1 is 0.444 bits per heavy atom. The molecule has 0 spiro atoms. The van der Waals surface area contributed by atoms with E-state index in [-0.39, 0.29) is 0 Å². The summed E-state index contributed by atoms with van der Waals surface area (Å²) in [7, 11) is 0. The summed E-state index contributed by atoms with van der Waals surface area (Å²) in [6.45, 7) is -3.03. The second kappa shape index (κ2) is 15.6. The molecule has 21 heteroatoms. The Balaban J connectivity index is 1.28. The molecule has 0 aromatic carbocycles. The largest absolute Gasteiger partial charge is 0.394 e. The van der Waals surface area contributed by atoms with Crippen molar-refractivity contribution < 1.29 is 105 Å². The maximum atomic E-state index is 10.5. The highest BCUT2D eigenvalue weighted by atomic mass is 16.8. The monoisotopic (exact) mass is 666 g/mol. The van der Waals surface area contributed by atoms with Gasteiger partial charge in [-0.25, -0.2) is 0 Å². The third kappa shape index (κ3) is 7.75. The molecule has 20 atom stereocenters. The van der Waals surface area contributed by atoms with Crippen molar-refractivity contribution in [3.63, 3.8) is 0 Å². The summed E-state index contributed by atoms with van der Waals surface area (Å²) in [4.78, 5) is 0. The first-order valence-electron chi connectivity index (χ1n) is 14.1. The predicted molar refractivity (Wildman–Crippen MR) is 134 cm³/mol. The minimum Gasteiger partial charge on any atom is -0.394 e. The van der Waals surface area contributed by atoms with E-state index in [0.717, 1.165) is 0 Å². The zero-order valence-electron chi connectivity index (χ0n) is 23.5. The third-order valence-electron chi connectivity index (χ3n) is 8.09. The van der Waals surface area contributed by atoms with Crippen LogP contribution in [0.15, 0.2) is 0 Å². The maximum Gasteiger partial charge on any atom is 0.187 e. The van der Waals surface area contributed by atoms with Crippen molar-refractivity contribution in [2.45, 2.75) is 123 Å². The van der Waals surface area contributed by atoms with E-state index in [1.807, 2.05) is 0 Å². The Kier molecular flexibility index (Phi) is 12.8. The first-order valence-corrected chi connectivity index (χ1v) is 14.1. The molecular formula is C24H42O21. The number of hydrogen-bond acceptors (Lipinski definition) is 21. The van der Waals surface area contributed by atoms with Gasteiger partial charge in [-0.3, -0.25) is 0 Å². The molecule has 21 nitrogen and oxygen atoms in total. The van der Waals surface area contributed by atoms with Crippen LogP contribution in [0.4, 0.5) is 0 Å². The molecule has 0 saturated carbocycles. The lowest BCUT2D eigenvalue weighted by Crippen LogP contribution is -2.46. The van der Waals surface area contributed by atoms with Gasteiger partial charge in [0.2, 0.25) is 0 Å². The fourth-order valence-electron chi connectivity index (χ4n) is 5.43. The molecule has 0 bridgehead atoms. The minimum absolute atomic E-state index is 0.671. The highest BCUT2D eigenvalue weighted by Gasteiger charge is 2.53. The van der Waals surface area contributed by atoms with E-state index in [1.165, 1.54) is 0 Å². The summed E-state index contributed by atoms with van der Waals surface area (Å²) in [5.41, 5.74) is 0. The van der Waals surface area contributed by atoms with E-state index >= 15 is 0 Å². The molecular weight excluding hydrogens is 624 g/mol. The van der Waals surface area contributed by atoms with Crippen molar-refractivity contribution >= 4 is 0 Å². The predicted octanol–water partition coefficient (Wildman–Crippen LogP) is -9.75. The summed E-state index contributed by atoms with van der Waals surface area (Å²) in [5, 5.41) is 140. The second-order valence-electron chi connectivity index (χ2n) is 11.2. The quantitative estimate of drug-likeness (QED) is 0.0818. The van der Waals surface area contributed by atoms with Crippen molar-refractivity contribution in [2.75, 3.05) is 26.4 Å². The van der Waals surface area contributed by atoms with Crippen LogP contribution in [0.25, 0.3) is 0 Å². The summed E-state index contributed by atoms with van der Waals surface area (Å²) in [6.07, 6.45) is -32.8. The van der Waals surface area contributed by atoms with Gasteiger partial charge in [0.05, 0.1) is 26.4 Å². The summed E-state index contributed by atoms with van der Waals surface area (Å²) in [6, 6.07) is 0. The molecule has 0 radical (unpaired) electrons. The molecule has 45 heavy (non-hydrogen) atoms. The number of ether oxygens (including phenoxy) is 7. The fourth-order valence-corrected chi connectivity index (χ4v) is 5.43. The molecule has 4 rings (SSSR count). The number of aliphatic hydroxyl groups is 14. The average molecular weight is 667 g/mol. The van der Waals surface area contributed by atoms with E-state index in [2.05, 4.69) is 0 Å². The lowest BCUT2D eigenvalue weighted by atomic mass is 10.1. The Labute approximate surface area is 254 Å². The van der Waals surface area contributed by atoms with Gasteiger partial charge in [-0.15, -0.1) is 0 Å². The molecule has 4 fully saturated rings. The van der Waals surface area contributed by atoms with E-state index < -0.39 is 149 Å².